The molecule has 0 N–H and O–H groups in total. The Balaban J connectivity index is 2.64. The first kappa shape index (κ1) is 18.5. The fourth-order valence-electron chi connectivity index (χ4n) is 2.18. The molecule has 0 saturated carbocycles. The molecule has 0 fully saturated rings. The molecule has 0 aliphatic carbocycles. The van der Waals surface area contributed by atoms with Gasteiger partial charge in [0.2, 0.25) is 0 Å². The molecule has 0 heterocycles. The minimum absolute atomic E-state index is 0.00943. The minimum Gasteiger partial charge on any atom is -0.465 e. The van der Waals surface area contributed by atoms with Crippen LogP contribution in [0.1, 0.15) is 20.7 Å². The van der Waals surface area contributed by atoms with Crippen molar-refractivity contribution in [2.24, 2.45) is 0 Å². The molecular formula is C17H17NO6S. The summed E-state index contributed by atoms with van der Waals surface area (Å²) in [6.45, 7) is 0. The molecule has 0 unspecified atom stereocenters. The molecule has 0 atom stereocenters. The molecule has 8 heteroatoms. The molecule has 0 saturated heterocycles. The summed E-state index contributed by atoms with van der Waals surface area (Å²) >= 11 is 0. The number of para-hydroxylation sites is 1. The lowest BCUT2D eigenvalue weighted by Gasteiger charge is -2.21. The quantitative estimate of drug-likeness (QED) is 0.756. The molecule has 2 rings (SSSR count). The zero-order valence-electron chi connectivity index (χ0n) is 13.9. The Labute approximate surface area is 145 Å². The lowest BCUT2D eigenvalue weighted by molar-refractivity contribution is 0.0583. The predicted molar refractivity (Wildman–Crippen MR) is 91.2 cm³/mol. The van der Waals surface area contributed by atoms with Gasteiger partial charge in [-0.05, 0) is 30.3 Å². The van der Waals surface area contributed by atoms with E-state index in [2.05, 4.69) is 9.47 Å². The Morgan fingerprint density at radius 2 is 1.52 bits per heavy atom. The second kappa shape index (κ2) is 7.35. The van der Waals surface area contributed by atoms with Crippen molar-refractivity contribution in [2.75, 3.05) is 25.6 Å². The van der Waals surface area contributed by atoms with Crippen molar-refractivity contribution >= 4 is 27.6 Å². The molecule has 25 heavy (non-hydrogen) atoms. The van der Waals surface area contributed by atoms with Crippen LogP contribution < -0.4 is 4.31 Å². The second-order valence-corrected chi connectivity index (χ2v) is 6.94. The van der Waals surface area contributed by atoms with Gasteiger partial charge >= 0.3 is 11.9 Å². The molecule has 7 nitrogen and oxygen atoms in total. The molecular weight excluding hydrogens is 346 g/mol. The standard InChI is InChI=1S/C17H17NO6S/c1-18(13-7-5-4-6-8-13)25(21,22)15-11-12(16(19)23-2)9-10-14(15)17(20)24-3/h4-11H,1-3H3. The lowest BCUT2D eigenvalue weighted by Crippen LogP contribution is -2.28. The molecule has 0 aromatic heterocycles. The number of ether oxygens (including phenoxy) is 2. The first-order valence-electron chi connectivity index (χ1n) is 7.17. The fourth-order valence-corrected chi connectivity index (χ4v) is 3.58. The maximum atomic E-state index is 13.0. The van der Waals surface area contributed by atoms with Crippen molar-refractivity contribution < 1.29 is 27.5 Å². The summed E-state index contributed by atoms with van der Waals surface area (Å²) in [7, 11) is -0.432. The van der Waals surface area contributed by atoms with E-state index < -0.39 is 22.0 Å². The average molecular weight is 363 g/mol. The first-order valence-corrected chi connectivity index (χ1v) is 8.61. The van der Waals surface area contributed by atoms with Crippen LogP contribution in [0.5, 0.6) is 0 Å². The van der Waals surface area contributed by atoms with E-state index in [1.165, 1.54) is 26.3 Å². The van der Waals surface area contributed by atoms with Gasteiger partial charge < -0.3 is 9.47 Å². The molecule has 0 radical (unpaired) electrons. The highest BCUT2D eigenvalue weighted by molar-refractivity contribution is 7.92. The normalized spacial score (nSPS) is 10.8. The number of nitrogens with zero attached hydrogens (tertiary/aromatic N) is 1. The Kier molecular flexibility index (Phi) is 5.43. The van der Waals surface area contributed by atoms with E-state index in [0.717, 1.165) is 17.5 Å². The van der Waals surface area contributed by atoms with E-state index in [0.29, 0.717) is 5.69 Å². The fraction of sp³-hybridized carbons (Fsp3) is 0.176. The van der Waals surface area contributed by atoms with Gasteiger partial charge in [-0.2, -0.15) is 0 Å². The third-order valence-electron chi connectivity index (χ3n) is 3.57. The van der Waals surface area contributed by atoms with Crippen LogP contribution >= 0.6 is 0 Å². The van der Waals surface area contributed by atoms with Crippen molar-refractivity contribution in [3.05, 3.63) is 59.7 Å². The molecule has 0 amide bonds. The summed E-state index contributed by atoms with van der Waals surface area (Å²) in [6, 6.07) is 12.0. The molecule has 0 spiro atoms. The summed E-state index contributed by atoms with van der Waals surface area (Å²) in [4.78, 5) is 23.4. The summed E-state index contributed by atoms with van der Waals surface area (Å²) in [5, 5.41) is 0. The van der Waals surface area contributed by atoms with Crippen LogP contribution in [0.4, 0.5) is 5.69 Å². The van der Waals surface area contributed by atoms with Crippen LogP contribution in [-0.4, -0.2) is 41.6 Å². The number of hydrogen-bond donors (Lipinski definition) is 0. The highest BCUT2D eigenvalue weighted by atomic mass is 32.2. The molecule has 2 aromatic rings. The van der Waals surface area contributed by atoms with Gasteiger partial charge in [-0.15, -0.1) is 0 Å². The number of rotatable bonds is 5. The van der Waals surface area contributed by atoms with Crippen molar-refractivity contribution in [3.8, 4) is 0 Å². The van der Waals surface area contributed by atoms with E-state index in [9.17, 15) is 18.0 Å². The molecule has 132 valence electrons. The summed E-state index contributed by atoms with van der Waals surface area (Å²) < 4.78 is 36.3. The second-order valence-electron chi connectivity index (χ2n) is 5.00. The first-order chi connectivity index (χ1) is 11.8. The van der Waals surface area contributed by atoms with Gasteiger partial charge in [0.05, 0.1) is 31.0 Å². The monoisotopic (exact) mass is 363 g/mol. The smallest absolute Gasteiger partial charge is 0.339 e. The number of benzene rings is 2. The number of methoxy groups -OCH3 is 2. The molecule has 0 bridgehead atoms. The lowest BCUT2D eigenvalue weighted by atomic mass is 10.1. The van der Waals surface area contributed by atoms with E-state index >= 15 is 0 Å². The molecule has 2 aromatic carbocycles. The number of hydrogen-bond acceptors (Lipinski definition) is 6. The van der Waals surface area contributed by atoms with Gasteiger partial charge in [0.1, 0.15) is 4.90 Å². The number of anilines is 1. The van der Waals surface area contributed by atoms with Crippen LogP contribution in [0, 0.1) is 0 Å². The molecule has 0 aliphatic heterocycles. The Morgan fingerprint density at radius 3 is 2.08 bits per heavy atom. The predicted octanol–water partition coefficient (Wildman–Crippen LogP) is 2.08. The third-order valence-corrected chi connectivity index (χ3v) is 5.39. The van der Waals surface area contributed by atoms with Crippen LogP contribution in [0.3, 0.4) is 0 Å². The maximum Gasteiger partial charge on any atom is 0.339 e. The number of carbonyl (C=O) groups excluding carboxylic acids is 2. The van der Waals surface area contributed by atoms with Gasteiger partial charge in [-0.3, -0.25) is 4.31 Å². The van der Waals surface area contributed by atoms with E-state index in [1.807, 2.05) is 0 Å². The van der Waals surface area contributed by atoms with E-state index in [4.69, 9.17) is 0 Å². The van der Waals surface area contributed by atoms with Crippen LogP contribution in [-0.2, 0) is 19.5 Å². The topological polar surface area (TPSA) is 90.0 Å². The number of esters is 2. The van der Waals surface area contributed by atoms with Crippen molar-refractivity contribution in [1.29, 1.82) is 0 Å². The minimum atomic E-state index is -4.12. The third kappa shape index (κ3) is 3.63. The average Bonchev–Trinajstić information content (AvgIpc) is 2.66. The largest absolute Gasteiger partial charge is 0.465 e. The van der Waals surface area contributed by atoms with Crippen LogP contribution in [0.25, 0.3) is 0 Å². The zero-order valence-corrected chi connectivity index (χ0v) is 14.7. The highest BCUT2D eigenvalue weighted by Crippen LogP contribution is 2.26. The highest BCUT2D eigenvalue weighted by Gasteiger charge is 2.29. The van der Waals surface area contributed by atoms with Crippen molar-refractivity contribution in [2.45, 2.75) is 4.90 Å². The Hall–Kier alpha value is -2.87. The summed E-state index contributed by atoms with van der Waals surface area (Å²) in [6.07, 6.45) is 0. The van der Waals surface area contributed by atoms with Crippen LogP contribution in [0.15, 0.2) is 53.4 Å². The van der Waals surface area contributed by atoms with Crippen LogP contribution in [0.2, 0.25) is 0 Å². The van der Waals surface area contributed by atoms with E-state index in [-0.39, 0.29) is 16.0 Å². The van der Waals surface area contributed by atoms with Crippen molar-refractivity contribution in [3.63, 3.8) is 0 Å². The van der Waals surface area contributed by atoms with Crippen molar-refractivity contribution in [1.82, 2.24) is 0 Å². The Bertz CT molecular complexity index is 893. The van der Waals surface area contributed by atoms with Gasteiger partial charge in [-0.25, -0.2) is 18.0 Å². The molecule has 0 aliphatic rings. The van der Waals surface area contributed by atoms with Gasteiger partial charge in [0.25, 0.3) is 10.0 Å². The Morgan fingerprint density at radius 1 is 0.920 bits per heavy atom. The number of sulfonamides is 1. The van der Waals surface area contributed by atoms with E-state index in [1.54, 1.807) is 30.3 Å². The zero-order chi connectivity index (χ0) is 18.6. The van der Waals surface area contributed by atoms with Gasteiger partial charge in [0.15, 0.2) is 0 Å². The maximum absolute atomic E-state index is 13.0. The summed E-state index contributed by atoms with van der Waals surface area (Å²) in [5.41, 5.74) is 0.245. The number of carbonyl (C=O) groups is 2. The van der Waals surface area contributed by atoms with Gasteiger partial charge in [-0.1, -0.05) is 18.2 Å². The SMILES string of the molecule is COC(=O)c1ccc(C(=O)OC)c(S(=O)(=O)N(C)c2ccccc2)c1. The summed E-state index contributed by atoms with van der Waals surface area (Å²) in [5.74, 6) is -1.54. The van der Waals surface area contributed by atoms with Gasteiger partial charge in [0, 0.05) is 7.05 Å².